The smallest absolute Gasteiger partial charge is 0.255 e. The molecular weight excluding hydrogens is 346 g/mol. The maximum Gasteiger partial charge on any atom is 0.255 e. The number of piperidine rings is 1. The van der Waals surface area contributed by atoms with Crippen LogP contribution in [0.5, 0.6) is 5.88 Å². The van der Waals surface area contributed by atoms with Gasteiger partial charge in [0.1, 0.15) is 0 Å². The number of nitrogens with zero attached hydrogens (tertiary/aromatic N) is 3. The summed E-state index contributed by atoms with van der Waals surface area (Å²) < 4.78 is 10.5. The molecule has 1 unspecified atom stereocenters. The average Bonchev–Trinajstić information content (AvgIpc) is 3.15. The van der Waals surface area contributed by atoms with E-state index in [9.17, 15) is 9.59 Å². The van der Waals surface area contributed by atoms with Gasteiger partial charge in [0.2, 0.25) is 11.8 Å². The summed E-state index contributed by atoms with van der Waals surface area (Å²) in [4.78, 5) is 34.2. The van der Waals surface area contributed by atoms with Gasteiger partial charge in [0.25, 0.3) is 5.91 Å². The van der Waals surface area contributed by atoms with Crippen LogP contribution in [0.1, 0.15) is 42.5 Å². The van der Waals surface area contributed by atoms with E-state index in [4.69, 9.17) is 9.47 Å². The van der Waals surface area contributed by atoms with Gasteiger partial charge in [-0.2, -0.15) is 0 Å². The minimum atomic E-state index is -0.411. The van der Waals surface area contributed by atoms with Crippen molar-refractivity contribution in [3.8, 4) is 5.88 Å². The van der Waals surface area contributed by atoms with Crippen molar-refractivity contribution < 1.29 is 19.1 Å². The van der Waals surface area contributed by atoms with Crippen LogP contribution in [-0.4, -0.2) is 72.6 Å². The van der Waals surface area contributed by atoms with E-state index in [-0.39, 0.29) is 11.8 Å². The first-order chi connectivity index (χ1) is 13.1. The zero-order chi connectivity index (χ0) is 18.9. The second-order valence-electron chi connectivity index (χ2n) is 7.79. The van der Waals surface area contributed by atoms with Gasteiger partial charge >= 0.3 is 0 Å². The average molecular weight is 373 g/mol. The highest BCUT2D eigenvalue weighted by atomic mass is 16.5. The van der Waals surface area contributed by atoms with Crippen LogP contribution < -0.4 is 4.74 Å². The Kier molecular flexibility index (Phi) is 5.04. The van der Waals surface area contributed by atoms with Crippen LogP contribution in [-0.2, 0) is 9.53 Å². The molecule has 1 atom stereocenters. The van der Waals surface area contributed by atoms with Gasteiger partial charge in [0.15, 0.2) is 0 Å². The van der Waals surface area contributed by atoms with E-state index in [1.807, 2.05) is 4.90 Å². The Balaban J connectivity index is 1.46. The largest absolute Gasteiger partial charge is 0.481 e. The van der Waals surface area contributed by atoms with Crippen LogP contribution in [0.25, 0.3) is 0 Å². The first-order valence-corrected chi connectivity index (χ1v) is 9.81. The van der Waals surface area contributed by atoms with E-state index in [0.29, 0.717) is 30.6 Å². The Morgan fingerprint density at radius 3 is 2.78 bits per heavy atom. The van der Waals surface area contributed by atoms with Gasteiger partial charge in [0.05, 0.1) is 18.1 Å². The highest BCUT2D eigenvalue weighted by Gasteiger charge is 2.50. The van der Waals surface area contributed by atoms with Crippen molar-refractivity contribution in [3.63, 3.8) is 0 Å². The monoisotopic (exact) mass is 373 g/mol. The molecule has 3 fully saturated rings. The van der Waals surface area contributed by atoms with Crippen LogP contribution >= 0.6 is 0 Å². The number of ether oxygens (including phenoxy) is 2. The summed E-state index contributed by atoms with van der Waals surface area (Å²) in [5.41, 5.74) is 0.129. The molecule has 0 N–H and O–H groups in total. The second kappa shape index (κ2) is 7.46. The normalized spacial score (nSPS) is 26.6. The van der Waals surface area contributed by atoms with Gasteiger partial charge in [-0.3, -0.25) is 9.59 Å². The predicted molar refractivity (Wildman–Crippen MR) is 98.5 cm³/mol. The molecule has 27 heavy (non-hydrogen) atoms. The quantitative estimate of drug-likeness (QED) is 0.807. The molecule has 1 aromatic rings. The SMILES string of the molecule is COc1ccc(C(=O)N2CCC3(CCCN(C4CCOCC4)C3=O)C2)cn1. The van der Waals surface area contributed by atoms with Crippen molar-refractivity contribution in [2.24, 2.45) is 5.41 Å². The minimum Gasteiger partial charge on any atom is -0.481 e. The number of pyridine rings is 1. The lowest BCUT2D eigenvalue weighted by atomic mass is 9.77. The predicted octanol–water partition coefficient (Wildman–Crippen LogP) is 1.72. The van der Waals surface area contributed by atoms with Crippen LogP contribution in [0.15, 0.2) is 18.3 Å². The van der Waals surface area contributed by atoms with Gasteiger partial charge < -0.3 is 19.3 Å². The number of hydrogen-bond donors (Lipinski definition) is 0. The summed E-state index contributed by atoms with van der Waals surface area (Å²) >= 11 is 0. The number of aromatic nitrogens is 1. The number of rotatable bonds is 3. The van der Waals surface area contributed by atoms with Crippen LogP contribution in [0.3, 0.4) is 0 Å². The fourth-order valence-electron chi connectivity index (χ4n) is 4.68. The lowest BCUT2D eigenvalue weighted by Gasteiger charge is -2.44. The summed E-state index contributed by atoms with van der Waals surface area (Å²) in [5, 5.41) is 0. The number of carbonyl (C=O) groups is 2. The van der Waals surface area contributed by atoms with Crippen LogP contribution in [0.2, 0.25) is 0 Å². The fourth-order valence-corrected chi connectivity index (χ4v) is 4.68. The molecule has 0 aliphatic carbocycles. The van der Waals surface area contributed by atoms with Gasteiger partial charge in [-0.25, -0.2) is 4.98 Å². The van der Waals surface area contributed by atoms with E-state index in [1.165, 1.54) is 0 Å². The molecule has 3 aliphatic heterocycles. The fraction of sp³-hybridized carbons (Fsp3) is 0.650. The van der Waals surface area contributed by atoms with E-state index in [1.54, 1.807) is 25.4 Å². The highest BCUT2D eigenvalue weighted by molar-refractivity contribution is 5.95. The summed E-state index contributed by atoms with van der Waals surface area (Å²) in [6.07, 6.45) is 6.01. The first kappa shape index (κ1) is 18.2. The summed E-state index contributed by atoms with van der Waals surface area (Å²) in [7, 11) is 1.55. The van der Waals surface area contributed by atoms with Crippen molar-refractivity contribution >= 4 is 11.8 Å². The Hall–Kier alpha value is -2.15. The number of likely N-dealkylation sites (tertiary alicyclic amines) is 2. The number of hydrogen-bond acceptors (Lipinski definition) is 5. The molecular formula is C20H27N3O4. The molecule has 1 aromatic heterocycles. The third-order valence-corrected chi connectivity index (χ3v) is 6.23. The maximum absolute atomic E-state index is 13.4. The second-order valence-corrected chi connectivity index (χ2v) is 7.79. The molecule has 4 heterocycles. The van der Waals surface area contributed by atoms with Crippen molar-refractivity contribution in [1.82, 2.24) is 14.8 Å². The summed E-state index contributed by atoms with van der Waals surface area (Å²) in [5.74, 6) is 0.667. The van der Waals surface area contributed by atoms with E-state index in [0.717, 1.165) is 51.9 Å². The Morgan fingerprint density at radius 1 is 1.26 bits per heavy atom. The molecule has 3 aliphatic rings. The van der Waals surface area contributed by atoms with Gasteiger partial charge in [-0.15, -0.1) is 0 Å². The molecule has 3 saturated heterocycles. The van der Waals surface area contributed by atoms with Crippen molar-refractivity contribution in [2.75, 3.05) is 40.0 Å². The number of carbonyl (C=O) groups excluding carboxylic acids is 2. The van der Waals surface area contributed by atoms with Gasteiger partial charge in [0, 0.05) is 51.2 Å². The molecule has 0 radical (unpaired) electrons. The molecule has 0 saturated carbocycles. The molecule has 0 aromatic carbocycles. The third-order valence-electron chi connectivity index (χ3n) is 6.23. The van der Waals surface area contributed by atoms with E-state index >= 15 is 0 Å². The zero-order valence-electron chi connectivity index (χ0n) is 15.9. The number of methoxy groups -OCH3 is 1. The van der Waals surface area contributed by atoms with Crippen LogP contribution in [0.4, 0.5) is 0 Å². The standard InChI is InChI=1S/C20H27N3O4/c1-26-17-4-3-15(13-21-17)18(24)22-10-8-20(14-22)7-2-9-23(19(20)25)16-5-11-27-12-6-16/h3-4,13,16H,2,5-12,14H2,1H3. The van der Waals surface area contributed by atoms with Crippen molar-refractivity contribution in [3.05, 3.63) is 23.9 Å². The summed E-state index contributed by atoms with van der Waals surface area (Å²) in [6, 6.07) is 3.72. The topological polar surface area (TPSA) is 72.0 Å². The number of amides is 2. The molecule has 146 valence electrons. The molecule has 7 heteroatoms. The summed E-state index contributed by atoms with van der Waals surface area (Å²) in [6.45, 7) is 3.43. The zero-order valence-corrected chi connectivity index (χ0v) is 15.9. The van der Waals surface area contributed by atoms with Gasteiger partial charge in [-0.1, -0.05) is 0 Å². The molecule has 0 bridgehead atoms. The lowest BCUT2D eigenvalue weighted by Crippen LogP contribution is -2.55. The highest BCUT2D eigenvalue weighted by Crippen LogP contribution is 2.41. The molecule has 2 amide bonds. The van der Waals surface area contributed by atoms with E-state index < -0.39 is 5.41 Å². The minimum absolute atomic E-state index is 0.0574. The molecule has 7 nitrogen and oxygen atoms in total. The lowest BCUT2D eigenvalue weighted by molar-refractivity contribution is -0.150. The Morgan fingerprint density at radius 2 is 2.07 bits per heavy atom. The Bertz CT molecular complexity index is 702. The maximum atomic E-state index is 13.4. The van der Waals surface area contributed by atoms with Crippen LogP contribution in [0, 0.1) is 5.41 Å². The Labute approximate surface area is 159 Å². The molecule has 1 spiro atoms. The van der Waals surface area contributed by atoms with Crippen molar-refractivity contribution in [2.45, 2.75) is 38.1 Å². The first-order valence-electron chi connectivity index (χ1n) is 9.81. The third kappa shape index (κ3) is 3.40. The van der Waals surface area contributed by atoms with Crippen molar-refractivity contribution in [1.29, 1.82) is 0 Å². The van der Waals surface area contributed by atoms with E-state index in [2.05, 4.69) is 9.88 Å². The van der Waals surface area contributed by atoms with Gasteiger partial charge in [-0.05, 0) is 38.2 Å². The molecule has 4 rings (SSSR count).